The molecule has 8 nitrogen and oxygen atoms in total. The zero-order chi connectivity index (χ0) is 13.3. The molecule has 0 bridgehead atoms. The number of hydrogen-bond donors (Lipinski definition) is 1. The lowest BCUT2D eigenvalue weighted by Gasteiger charge is -2.03. The predicted molar refractivity (Wildman–Crippen MR) is 65.2 cm³/mol. The summed E-state index contributed by atoms with van der Waals surface area (Å²) in [6.07, 6.45) is 3.34. The van der Waals surface area contributed by atoms with E-state index in [-0.39, 0.29) is 22.4 Å². The van der Waals surface area contributed by atoms with E-state index in [0.29, 0.717) is 0 Å². The van der Waals surface area contributed by atoms with Crippen molar-refractivity contribution in [2.75, 3.05) is 5.73 Å². The minimum Gasteiger partial charge on any atom is -0.368 e. The maximum absolute atomic E-state index is 11.0. The van der Waals surface area contributed by atoms with Crippen molar-refractivity contribution in [3.63, 3.8) is 0 Å². The number of aromatic nitrogens is 4. The number of anilines is 1. The molecule has 0 aliphatic carbocycles. The summed E-state index contributed by atoms with van der Waals surface area (Å²) >= 11 is 1.14. The summed E-state index contributed by atoms with van der Waals surface area (Å²) in [5.74, 6) is 0.0180. The average Bonchev–Trinajstić information content (AvgIpc) is 2.62. The molecule has 94 valence electrons. The lowest BCUT2D eigenvalue weighted by molar-refractivity contribution is -0.389. The number of nitrogens with two attached hydrogens (primary N) is 1. The first-order valence-electron chi connectivity index (χ1n) is 4.92. The third kappa shape index (κ3) is 2.40. The molecule has 0 aromatic carbocycles. The third-order valence-corrected chi connectivity index (χ3v) is 3.05. The van der Waals surface area contributed by atoms with E-state index in [9.17, 15) is 10.1 Å². The molecule has 0 radical (unpaired) electrons. The molecule has 0 spiro atoms. The summed E-state index contributed by atoms with van der Waals surface area (Å²) in [4.78, 5) is 18.9. The monoisotopic (exact) mass is 266 g/mol. The number of nitrogens with zero attached hydrogens (tertiary/aromatic N) is 5. The second-order valence-electron chi connectivity index (χ2n) is 3.53. The van der Waals surface area contributed by atoms with Gasteiger partial charge in [-0.25, -0.2) is 4.98 Å². The molecule has 0 saturated carbocycles. The van der Waals surface area contributed by atoms with Crippen LogP contribution in [0.3, 0.4) is 0 Å². The topological polar surface area (TPSA) is 113 Å². The van der Waals surface area contributed by atoms with E-state index in [1.54, 1.807) is 24.1 Å². The van der Waals surface area contributed by atoms with Gasteiger partial charge in [-0.2, -0.15) is 10.1 Å². The smallest absolute Gasteiger partial charge is 0.322 e. The maximum Gasteiger partial charge on any atom is 0.322 e. The van der Waals surface area contributed by atoms with Crippen LogP contribution in [-0.4, -0.2) is 24.7 Å². The molecule has 18 heavy (non-hydrogen) atoms. The number of hydrogen-bond acceptors (Lipinski definition) is 7. The van der Waals surface area contributed by atoms with Gasteiger partial charge in [-0.1, -0.05) is 11.8 Å². The van der Waals surface area contributed by atoms with Crippen molar-refractivity contribution in [2.45, 2.75) is 16.8 Å². The molecule has 0 saturated heterocycles. The lowest BCUT2D eigenvalue weighted by atomic mass is 10.4. The Hall–Kier alpha value is -2.16. The summed E-state index contributed by atoms with van der Waals surface area (Å²) < 4.78 is 1.60. The minimum absolute atomic E-state index is 0.0180. The van der Waals surface area contributed by atoms with Gasteiger partial charge >= 0.3 is 5.69 Å². The van der Waals surface area contributed by atoms with Gasteiger partial charge in [0.05, 0.1) is 16.0 Å². The molecule has 0 unspecified atom stereocenters. The Labute approximate surface area is 106 Å². The normalized spacial score (nSPS) is 10.6. The summed E-state index contributed by atoms with van der Waals surface area (Å²) in [6, 6.07) is 0. The molecule has 0 amide bonds. The first-order valence-corrected chi connectivity index (χ1v) is 5.74. The first-order chi connectivity index (χ1) is 8.47. The Kier molecular flexibility index (Phi) is 3.15. The van der Waals surface area contributed by atoms with Gasteiger partial charge in [0.15, 0.2) is 5.03 Å². The van der Waals surface area contributed by atoms with E-state index in [1.165, 1.54) is 6.92 Å². The summed E-state index contributed by atoms with van der Waals surface area (Å²) in [5, 5.41) is 15.2. The van der Waals surface area contributed by atoms with Crippen LogP contribution in [0.2, 0.25) is 0 Å². The minimum atomic E-state index is -0.506. The van der Waals surface area contributed by atoms with Crippen LogP contribution >= 0.6 is 11.8 Å². The molecular weight excluding hydrogens is 256 g/mol. The molecule has 2 aromatic rings. The highest BCUT2D eigenvalue weighted by Gasteiger charge is 2.22. The van der Waals surface area contributed by atoms with Gasteiger partial charge in [-0.05, 0) is 6.92 Å². The molecule has 2 heterocycles. The van der Waals surface area contributed by atoms with Gasteiger partial charge in [0.1, 0.15) is 5.69 Å². The standard InChI is InChI=1S/C9H10N6O2S/c1-5-7(15(16)17)8(13-9(10)12-5)18-6-3-11-14(2)4-6/h3-4H,1-2H3,(H2,10,12,13). The van der Waals surface area contributed by atoms with Crippen LogP contribution in [0.15, 0.2) is 22.3 Å². The van der Waals surface area contributed by atoms with E-state index in [1.807, 2.05) is 0 Å². The van der Waals surface area contributed by atoms with Crippen LogP contribution in [0.1, 0.15) is 5.69 Å². The fourth-order valence-corrected chi connectivity index (χ4v) is 2.39. The van der Waals surface area contributed by atoms with Gasteiger partial charge in [0.2, 0.25) is 5.95 Å². The number of rotatable bonds is 3. The van der Waals surface area contributed by atoms with E-state index in [2.05, 4.69) is 15.1 Å². The number of aryl methyl sites for hydroxylation is 2. The largest absolute Gasteiger partial charge is 0.368 e. The number of nitro groups is 1. The molecule has 0 fully saturated rings. The summed E-state index contributed by atoms with van der Waals surface area (Å²) in [7, 11) is 1.76. The molecule has 0 aliphatic rings. The lowest BCUT2D eigenvalue weighted by Crippen LogP contribution is -2.03. The molecule has 2 aromatic heterocycles. The van der Waals surface area contributed by atoms with Crippen molar-refractivity contribution < 1.29 is 4.92 Å². The molecule has 2 N–H and O–H groups in total. The Morgan fingerprint density at radius 2 is 2.22 bits per heavy atom. The van der Waals surface area contributed by atoms with Crippen LogP contribution in [0.4, 0.5) is 11.6 Å². The fraction of sp³-hybridized carbons (Fsp3) is 0.222. The quantitative estimate of drug-likeness (QED) is 0.503. The van der Waals surface area contributed by atoms with E-state index < -0.39 is 4.92 Å². The Morgan fingerprint density at radius 1 is 1.50 bits per heavy atom. The molecular formula is C9H10N6O2S. The summed E-state index contributed by atoms with van der Waals surface area (Å²) in [6.45, 7) is 1.53. The van der Waals surface area contributed by atoms with Gasteiger partial charge in [-0.3, -0.25) is 14.8 Å². The zero-order valence-corrected chi connectivity index (χ0v) is 10.5. The molecule has 2 rings (SSSR count). The summed E-state index contributed by atoms with van der Waals surface area (Å²) in [5.41, 5.74) is 5.63. The van der Waals surface area contributed by atoms with Crippen LogP contribution < -0.4 is 5.73 Å². The third-order valence-electron chi connectivity index (χ3n) is 2.12. The van der Waals surface area contributed by atoms with Gasteiger partial charge in [0.25, 0.3) is 0 Å². The first kappa shape index (κ1) is 12.3. The Bertz CT molecular complexity index is 611. The van der Waals surface area contributed by atoms with Crippen LogP contribution in [0.5, 0.6) is 0 Å². The van der Waals surface area contributed by atoms with E-state index >= 15 is 0 Å². The average molecular weight is 266 g/mol. The van der Waals surface area contributed by atoms with E-state index in [4.69, 9.17) is 5.73 Å². The highest BCUT2D eigenvalue weighted by Crippen LogP contribution is 2.34. The van der Waals surface area contributed by atoms with Crippen molar-refractivity contribution in [1.82, 2.24) is 19.7 Å². The Morgan fingerprint density at radius 3 is 2.78 bits per heavy atom. The highest BCUT2D eigenvalue weighted by atomic mass is 32.2. The van der Waals surface area contributed by atoms with Gasteiger partial charge in [-0.15, -0.1) is 0 Å². The van der Waals surface area contributed by atoms with Crippen LogP contribution in [0.25, 0.3) is 0 Å². The molecule has 9 heteroatoms. The predicted octanol–water partition coefficient (Wildman–Crippen LogP) is 1.16. The van der Waals surface area contributed by atoms with Crippen molar-refractivity contribution >= 4 is 23.4 Å². The van der Waals surface area contributed by atoms with E-state index in [0.717, 1.165) is 16.7 Å². The van der Waals surface area contributed by atoms with Gasteiger partial charge < -0.3 is 5.73 Å². The highest BCUT2D eigenvalue weighted by molar-refractivity contribution is 7.99. The van der Waals surface area contributed by atoms with Crippen LogP contribution in [-0.2, 0) is 7.05 Å². The second-order valence-corrected chi connectivity index (χ2v) is 4.59. The zero-order valence-electron chi connectivity index (χ0n) is 9.69. The maximum atomic E-state index is 11.0. The Balaban J connectivity index is 2.45. The molecule has 0 aliphatic heterocycles. The SMILES string of the molecule is Cc1nc(N)nc(Sc2cnn(C)c2)c1[N+](=O)[O-]. The molecule has 0 atom stereocenters. The van der Waals surface area contributed by atoms with Crippen molar-refractivity contribution in [2.24, 2.45) is 7.05 Å². The number of nitrogen functional groups attached to an aromatic ring is 1. The van der Waals surface area contributed by atoms with Gasteiger partial charge in [0, 0.05) is 13.2 Å². The van der Waals surface area contributed by atoms with Crippen molar-refractivity contribution in [3.8, 4) is 0 Å². The van der Waals surface area contributed by atoms with Crippen LogP contribution in [0, 0.1) is 17.0 Å². The second kappa shape index (κ2) is 4.61. The van der Waals surface area contributed by atoms with Crippen molar-refractivity contribution in [3.05, 3.63) is 28.2 Å². The van der Waals surface area contributed by atoms with Crippen molar-refractivity contribution in [1.29, 1.82) is 0 Å². The fourth-order valence-electron chi connectivity index (χ4n) is 1.41.